The third-order valence-electron chi connectivity index (χ3n) is 5.70. The first-order valence-electron chi connectivity index (χ1n) is 11.4. The molecule has 0 saturated heterocycles. The molecule has 0 aliphatic heterocycles. The number of hydrogen-bond acceptors (Lipinski definition) is 6. The molecular formula is C24H28N4O5S2. The number of thiazole rings is 1. The van der Waals surface area contributed by atoms with Crippen LogP contribution in [0.4, 0.5) is 5.69 Å². The van der Waals surface area contributed by atoms with Crippen molar-refractivity contribution < 1.29 is 22.7 Å². The highest BCUT2D eigenvalue weighted by Gasteiger charge is 2.35. The number of hydrogen-bond donors (Lipinski definition) is 1. The smallest absolute Gasteiger partial charge is 0.279 e. The molecule has 9 nitrogen and oxygen atoms in total. The van der Waals surface area contributed by atoms with Gasteiger partial charge in [0.15, 0.2) is 4.80 Å². The van der Waals surface area contributed by atoms with Crippen LogP contribution in [0.25, 0.3) is 10.2 Å². The van der Waals surface area contributed by atoms with Gasteiger partial charge in [-0.25, -0.2) is 8.42 Å². The summed E-state index contributed by atoms with van der Waals surface area (Å²) in [4.78, 5) is 29.4. The number of ether oxygens (including phenoxy) is 1. The van der Waals surface area contributed by atoms with Gasteiger partial charge < -0.3 is 14.6 Å². The number of rotatable bonds is 9. The first kappa shape index (κ1) is 25.2. The maximum absolute atomic E-state index is 13.0. The number of benzene rings is 2. The Balaban J connectivity index is 1.66. The average molecular weight is 517 g/mol. The average Bonchev–Trinajstić information content (AvgIpc) is 3.62. The zero-order valence-corrected chi connectivity index (χ0v) is 21.5. The van der Waals surface area contributed by atoms with Crippen LogP contribution >= 0.6 is 11.3 Å². The number of nitrogens with one attached hydrogen (secondary N) is 1. The van der Waals surface area contributed by atoms with Crippen molar-refractivity contribution in [2.45, 2.75) is 44.2 Å². The minimum atomic E-state index is -3.58. The van der Waals surface area contributed by atoms with E-state index in [9.17, 15) is 18.0 Å². The highest BCUT2D eigenvalue weighted by Crippen LogP contribution is 2.30. The van der Waals surface area contributed by atoms with Crippen molar-refractivity contribution in [1.82, 2.24) is 8.87 Å². The van der Waals surface area contributed by atoms with Gasteiger partial charge in [-0.3, -0.25) is 9.59 Å². The van der Waals surface area contributed by atoms with Gasteiger partial charge in [-0.05, 0) is 62.2 Å². The van der Waals surface area contributed by atoms with Crippen LogP contribution in [0, 0.1) is 0 Å². The van der Waals surface area contributed by atoms with Crippen LogP contribution in [0.1, 0.15) is 37.0 Å². The Hall–Kier alpha value is -2.86. The zero-order valence-electron chi connectivity index (χ0n) is 19.9. The first-order chi connectivity index (χ1) is 16.7. The fourth-order valence-electron chi connectivity index (χ4n) is 3.68. The van der Waals surface area contributed by atoms with E-state index in [0.717, 1.165) is 23.1 Å². The van der Waals surface area contributed by atoms with Crippen LogP contribution in [0.15, 0.2) is 52.4 Å². The van der Waals surface area contributed by atoms with Gasteiger partial charge in [0.1, 0.15) is 0 Å². The molecule has 0 spiro atoms. The van der Waals surface area contributed by atoms with E-state index in [0.29, 0.717) is 35.8 Å². The summed E-state index contributed by atoms with van der Waals surface area (Å²) < 4.78 is 35.1. The van der Waals surface area contributed by atoms with Gasteiger partial charge in [-0.15, -0.1) is 0 Å². The van der Waals surface area contributed by atoms with Crippen molar-refractivity contribution in [3.05, 3.63) is 52.8 Å². The Morgan fingerprint density at radius 3 is 2.54 bits per heavy atom. The molecule has 1 fully saturated rings. The zero-order chi connectivity index (χ0) is 25.2. The summed E-state index contributed by atoms with van der Waals surface area (Å²) in [5.41, 5.74) is 1.83. The molecule has 11 heteroatoms. The molecule has 2 amide bonds. The molecule has 35 heavy (non-hydrogen) atoms. The van der Waals surface area contributed by atoms with E-state index in [1.807, 2.05) is 23.6 Å². The standard InChI is InChI=1S/C24H28N4O5S2/c1-4-33-14-13-28-21-12-7-18(25-16(2)29)15-22(21)34-24(28)26-23(30)17-5-10-20(11-6-17)35(31,32)27(3)19-8-9-19/h5-7,10-12,15,19H,4,8-9,13-14H2,1-3H3,(H,25,29). The lowest BCUT2D eigenvalue weighted by atomic mass is 10.2. The van der Waals surface area contributed by atoms with E-state index in [-0.39, 0.29) is 16.8 Å². The van der Waals surface area contributed by atoms with Gasteiger partial charge in [0.25, 0.3) is 5.91 Å². The van der Waals surface area contributed by atoms with Gasteiger partial charge >= 0.3 is 0 Å². The van der Waals surface area contributed by atoms with Crippen molar-refractivity contribution in [1.29, 1.82) is 0 Å². The summed E-state index contributed by atoms with van der Waals surface area (Å²) in [6.07, 6.45) is 1.74. The van der Waals surface area contributed by atoms with Gasteiger partial charge in [-0.1, -0.05) is 11.3 Å². The van der Waals surface area contributed by atoms with E-state index in [1.54, 1.807) is 13.1 Å². The second-order valence-electron chi connectivity index (χ2n) is 8.29. The second-order valence-corrected chi connectivity index (χ2v) is 11.3. The Morgan fingerprint density at radius 2 is 1.91 bits per heavy atom. The molecule has 0 unspecified atom stereocenters. The number of carbonyl (C=O) groups excluding carboxylic acids is 2. The molecule has 1 aromatic heterocycles. The molecule has 186 valence electrons. The number of aromatic nitrogens is 1. The molecule has 4 rings (SSSR count). The summed E-state index contributed by atoms with van der Waals surface area (Å²) in [5, 5.41) is 2.76. The molecule has 1 heterocycles. The van der Waals surface area contributed by atoms with E-state index < -0.39 is 15.9 Å². The molecule has 1 N–H and O–H groups in total. The lowest BCUT2D eigenvalue weighted by Crippen LogP contribution is -2.28. The van der Waals surface area contributed by atoms with E-state index in [1.165, 1.54) is 46.8 Å². The number of amides is 2. The third-order valence-corrected chi connectivity index (χ3v) is 8.67. The predicted octanol–water partition coefficient (Wildman–Crippen LogP) is 3.22. The van der Waals surface area contributed by atoms with Gasteiger partial charge in [0.2, 0.25) is 15.9 Å². The molecule has 0 atom stereocenters. The molecule has 0 radical (unpaired) electrons. The van der Waals surface area contributed by atoms with Gasteiger partial charge in [0.05, 0.1) is 21.7 Å². The van der Waals surface area contributed by atoms with Crippen molar-refractivity contribution in [2.75, 3.05) is 25.6 Å². The highest BCUT2D eigenvalue weighted by atomic mass is 32.2. The van der Waals surface area contributed by atoms with Crippen LogP contribution in [-0.4, -0.2) is 55.4 Å². The van der Waals surface area contributed by atoms with Crippen molar-refractivity contribution in [3.63, 3.8) is 0 Å². The monoisotopic (exact) mass is 516 g/mol. The Bertz CT molecular complexity index is 1420. The van der Waals surface area contributed by atoms with Crippen LogP contribution < -0.4 is 10.1 Å². The van der Waals surface area contributed by atoms with Crippen molar-refractivity contribution in [3.8, 4) is 0 Å². The minimum absolute atomic E-state index is 0.0579. The quantitative estimate of drug-likeness (QED) is 0.439. The van der Waals surface area contributed by atoms with Crippen molar-refractivity contribution in [2.24, 2.45) is 4.99 Å². The molecule has 2 aromatic carbocycles. The molecule has 1 saturated carbocycles. The van der Waals surface area contributed by atoms with Gasteiger partial charge in [-0.2, -0.15) is 9.30 Å². The second kappa shape index (κ2) is 10.4. The molecule has 0 bridgehead atoms. The Kier molecular flexibility index (Phi) is 7.50. The lowest BCUT2D eigenvalue weighted by molar-refractivity contribution is -0.114. The van der Waals surface area contributed by atoms with Gasteiger partial charge in [0, 0.05) is 44.4 Å². The molecular weight excluding hydrogens is 488 g/mol. The van der Waals surface area contributed by atoms with Crippen LogP contribution in [0.5, 0.6) is 0 Å². The third kappa shape index (κ3) is 5.69. The SMILES string of the molecule is CCOCCn1c(=NC(=O)c2ccc(S(=O)(=O)N(C)C3CC3)cc2)sc2cc(NC(C)=O)ccc21. The Labute approximate surface area is 208 Å². The van der Waals surface area contributed by atoms with E-state index in [4.69, 9.17) is 4.74 Å². The molecule has 1 aliphatic rings. The molecule has 3 aromatic rings. The summed E-state index contributed by atoms with van der Waals surface area (Å²) in [6, 6.07) is 11.5. The summed E-state index contributed by atoms with van der Waals surface area (Å²) in [6.45, 7) is 4.90. The number of nitrogens with zero attached hydrogens (tertiary/aromatic N) is 3. The number of carbonyl (C=O) groups is 2. The minimum Gasteiger partial charge on any atom is -0.380 e. The normalized spacial score (nSPS) is 14.6. The topological polar surface area (TPSA) is 110 Å². The number of fused-ring (bicyclic) bond motifs is 1. The fraction of sp³-hybridized carbons (Fsp3) is 0.375. The summed E-state index contributed by atoms with van der Waals surface area (Å²) >= 11 is 1.33. The lowest BCUT2D eigenvalue weighted by Gasteiger charge is -2.16. The Morgan fingerprint density at radius 1 is 1.20 bits per heavy atom. The highest BCUT2D eigenvalue weighted by molar-refractivity contribution is 7.89. The maximum atomic E-state index is 13.0. The number of sulfonamides is 1. The summed E-state index contributed by atoms with van der Waals surface area (Å²) in [5.74, 6) is -0.637. The fourth-order valence-corrected chi connectivity index (χ4v) is 6.19. The molecule has 1 aliphatic carbocycles. The van der Waals surface area contributed by atoms with E-state index >= 15 is 0 Å². The maximum Gasteiger partial charge on any atom is 0.279 e. The summed E-state index contributed by atoms with van der Waals surface area (Å²) in [7, 11) is -2.00. The van der Waals surface area contributed by atoms with Crippen LogP contribution in [0.2, 0.25) is 0 Å². The number of anilines is 1. The largest absolute Gasteiger partial charge is 0.380 e. The first-order valence-corrected chi connectivity index (χ1v) is 13.6. The van der Waals surface area contributed by atoms with Crippen LogP contribution in [0.3, 0.4) is 0 Å². The van der Waals surface area contributed by atoms with Crippen molar-refractivity contribution >= 4 is 49.1 Å². The van der Waals surface area contributed by atoms with Crippen LogP contribution in [-0.2, 0) is 26.1 Å². The van der Waals surface area contributed by atoms with E-state index in [2.05, 4.69) is 10.3 Å². The predicted molar refractivity (Wildman–Crippen MR) is 135 cm³/mol.